The molecular formula is C62H40N4O. The van der Waals surface area contributed by atoms with Gasteiger partial charge >= 0.3 is 0 Å². The van der Waals surface area contributed by atoms with Gasteiger partial charge in [-0.1, -0.05) is 172 Å². The molecule has 5 heteroatoms. The molecule has 3 aromatic heterocycles. The van der Waals surface area contributed by atoms with Crippen LogP contribution in [0.5, 0.6) is 0 Å². The number of rotatable bonds is 5. The van der Waals surface area contributed by atoms with Gasteiger partial charge in [0.1, 0.15) is 11.2 Å². The maximum absolute atomic E-state index is 6.69. The Morgan fingerprint density at radius 2 is 1.00 bits per heavy atom. The van der Waals surface area contributed by atoms with Crippen LogP contribution in [0.4, 0.5) is 0 Å². The van der Waals surface area contributed by atoms with E-state index < -0.39 is 0 Å². The van der Waals surface area contributed by atoms with Crippen molar-refractivity contribution in [3.63, 3.8) is 0 Å². The maximum Gasteiger partial charge on any atom is 0.164 e. The van der Waals surface area contributed by atoms with Crippen molar-refractivity contribution in [1.82, 2.24) is 19.5 Å². The molecule has 0 radical (unpaired) electrons. The van der Waals surface area contributed by atoms with Crippen molar-refractivity contribution in [2.24, 2.45) is 0 Å². The van der Waals surface area contributed by atoms with Gasteiger partial charge in [0.25, 0.3) is 0 Å². The van der Waals surface area contributed by atoms with Crippen LogP contribution in [0.25, 0.3) is 127 Å². The van der Waals surface area contributed by atoms with Crippen molar-refractivity contribution < 1.29 is 4.42 Å². The van der Waals surface area contributed by atoms with Crippen molar-refractivity contribution in [3.8, 4) is 62.1 Å². The Morgan fingerprint density at radius 1 is 0.403 bits per heavy atom. The van der Waals surface area contributed by atoms with Crippen LogP contribution in [0.15, 0.2) is 211 Å². The molecule has 0 spiro atoms. The Bertz CT molecular complexity index is 4180. The Kier molecular flexibility index (Phi) is 7.97. The highest BCUT2D eigenvalue weighted by Gasteiger charge is 2.38. The number of hydrogen-bond acceptors (Lipinski definition) is 4. The lowest BCUT2D eigenvalue weighted by Crippen LogP contribution is -2.15. The average Bonchev–Trinajstić information content (AvgIpc) is 4.01. The second-order valence-electron chi connectivity index (χ2n) is 18.3. The van der Waals surface area contributed by atoms with Gasteiger partial charge in [0.05, 0.1) is 16.7 Å². The van der Waals surface area contributed by atoms with E-state index >= 15 is 0 Å². The summed E-state index contributed by atoms with van der Waals surface area (Å²) in [6, 6.07) is 73.4. The minimum atomic E-state index is -0.198. The number of aromatic nitrogens is 4. The lowest BCUT2D eigenvalue weighted by Gasteiger charge is -2.23. The van der Waals surface area contributed by atoms with Crippen LogP contribution in [-0.4, -0.2) is 19.5 Å². The summed E-state index contributed by atoms with van der Waals surface area (Å²) >= 11 is 0. The highest BCUT2D eigenvalue weighted by atomic mass is 16.3. The fraction of sp³-hybridized carbons (Fsp3) is 0.0484. The summed E-state index contributed by atoms with van der Waals surface area (Å²) in [5.41, 5.74) is 15.1. The zero-order chi connectivity index (χ0) is 44.4. The Hall–Kier alpha value is -8.67. The molecule has 10 aromatic carbocycles. The molecule has 0 N–H and O–H groups in total. The normalized spacial score (nSPS) is 13.0. The van der Waals surface area contributed by atoms with E-state index in [1.54, 1.807) is 0 Å². The minimum absolute atomic E-state index is 0.198. The van der Waals surface area contributed by atoms with Gasteiger partial charge in [-0.05, 0) is 92.5 Å². The van der Waals surface area contributed by atoms with E-state index in [4.69, 9.17) is 19.4 Å². The van der Waals surface area contributed by atoms with Gasteiger partial charge in [-0.25, -0.2) is 15.0 Å². The van der Waals surface area contributed by atoms with Crippen LogP contribution in [0, 0.1) is 0 Å². The second kappa shape index (κ2) is 14.2. The average molecular weight is 857 g/mol. The molecule has 0 unspecified atom stereocenters. The van der Waals surface area contributed by atoms with E-state index in [0.717, 1.165) is 66.2 Å². The van der Waals surface area contributed by atoms with E-state index in [2.05, 4.69) is 188 Å². The van der Waals surface area contributed by atoms with Gasteiger partial charge < -0.3 is 8.98 Å². The fourth-order valence-corrected chi connectivity index (χ4v) is 11.2. The molecule has 13 aromatic rings. The molecular weight excluding hydrogens is 817 g/mol. The third kappa shape index (κ3) is 5.52. The first-order valence-electron chi connectivity index (χ1n) is 22.9. The SMILES string of the molecule is CC1(C)c2cc3c(cc2-c2ccc4ccccc4c21)c1ccccc1n3-c1ccc(-c2nc(-c3ccccc3)nc(-c3ccc(-c4ccccc4)c4oc5ccccc5c34)n2)c2ccccc12. The number of benzene rings is 10. The number of para-hydroxylation sites is 2. The standard InChI is InChI=1S/C62H40N4O/c1-62(2)51-36-54-50(35-49(51)45-30-29-38-19-9-10-22-40(38)57(45)62)44-25-13-15-27-52(44)66(54)53-34-33-46(42-23-11-12-24-43(42)53)60-63-59(39-20-7-4-8-21-39)64-61(65-60)48-32-31-41(37-17-5-3-6-18-37)58-56(48)47-26-14-16-28-55(47)67-58/h3-36H,1-2H3. The van der Waals surface area contributed by atoms with Crippen LogP contribution in [0.2, 0.25) is 0 Å². The summed E-state index contributed by atoms with van der Waals surface area (Å²) in [6.45, 7) is 4.77. The van der Waals surface area contributed by atoms with Gasteiger partial charge in [0, 0.05) is 54.6 Å². The lowest BCUT2D eigenvalue weighted by atomic mass is 9.80. The monoisotopic (exact) mass is 856 g/mol. The quantitative estimate of drug-likeness (QED) is 0.173. The Balaban J connectivity index is 0.994. The first-order chi connectivity index (χ1) is 33.0. The van der Waals surface area contributed by atoms with E-state index in [1.165, 1.54) is 54.8 Å². The molecule has 0 saturated carbocycles. The summed E-state index contributed by atoms with van der Waals surface area (Å²) in [5.74, 6) is 1.79. The van der Waals surface area contributed by atoms with Gasteiger partial charge in [0.2, 0.25) is 0 Å². The number of furan rings is 1. The van der Waals surface area contributed by atoms with Gasteiger partial charge in [-0.2, -0.15) is 0 Å². The molecule has 314 valence electrons. The van der Waals surface area contributed by atoms with Crippen molar-refractivity contribution in [3.05, 3.63) is 217 Å². The highest BCUT2D eigenvalue weighted by molar-refractivity contribution is 6.17. The third-order valence-electron chi connectivity index (χ3n) is 14.2. The summed E-state index contributed by atoms with van der Waals surface area (Å²) in [4.78, 5) is 15.9. The van der Waals surface area contributed by atoms with Gasteiger partial charge in [-0.15, -0.1) is 0 Å². The molecule has 1 aliphatic carbocycles. The molecule has 0 atom stereocenters. The molecule has 14 rings (SSSR count). The van der Waals surface area contributed by atoms with Crippen LogP contribution >= 0.6 is 0 Å². The first kappa shape index (κ1) is 37.7. The van der Waals surface area contributed by atoms with Crippen molar-refractivity contribution >= 4 is 65.3 Å². The zero-order valence-corrected chi connectivity index (χ0v) is 36.8. The van der Waals surface area contributed by atoms with Crippen LogP contribution in [0.1, 0.15) is 25.0 Å². The molecule has 0 bridgehead atoms. The smallest absolute Gasteiger partial charge is 0.164 e. The molecule has 0 amide bonds. The maximum atomic E-state index is 6.69. The third-order valence-corrected chi connectivity index (χ3v) is 14.2. The van der Waals surface area contributed by atoms with E-state index in [9.17, 15) is 0 Å². The molecule has 3 heterocycles. The topological polar surface area (TPSA) is 56.7 Å². The first-order valence-corrected chi connectivity index (χ1v) is 22.9. The molecule has 5 nitrogen and oxygen atoms in total. The fourth-order valence-electron chi connectivity index (χ4n) is 11.2. The molecule has 0 fully saturated rings. The van der Waals surface area contributed by atoms with Crippen LogP contribution in [-0.2, 0) is 5.41 Å². The van der Waals surface area contributed by atoms with Crippen molar-refractivity contribution in [2.45, 2.75) is 19.3 Å². The Labute approximate surface area is 386 Å². The lowest BCUT2D eigenvalue weighted by molar-refractivity contribution is 0.667. The molecule has 67 heavy (non-hydrogen) atoms. The van der Waals surface area contributed by atoms with Gasteiger partial charge in [-0.3, -0.25) is 0 Å². The van der Waals surface area contributed by atoms with Crippen LogP contribution in [0.3, 0.4) is 0 Å². The molecule has 1 aliphatic rings. The summed E-state index contributed by atoms with van der Waals surface area (Å²) < 4.78 is 9.16. The van der Waals surface area contributed by atoms with Crippen LogP contribution < -0.4 is 0 Å². The summed E-state index contributed by atoms with van der Waals surface area (Å²) in [6.07, 6.45) is 0. The number of fused-ring (bicyclic) bond motifs is 12. The van der Waals surface area contributed by atoms with E-state index in [0.29, 0.717) is 17.5 Å². The number of nitrogens with zero attached hydrogens (tertiary/aromatic N) is 4. The predicted octanol–water partition coefficient (Wildman–Crippen LogP) is 16.1. The number of hydrogen-bond donors (Lipinski definition) is 0. The largest absolute Gasteiger partial charge is 0.455 e. The molecule has 0 aliphatic heterocycles. The van der Waals surface area contributed by atoms with Crippen molar-refractivity contribution in [1.29, 1.82) is 0 Å². The Morgan fingerprint density at radius 3 is 1.81 bits per heavy atom. The zero-order valence-electron chi connectivity index (χ0n) is 36.8. The molecule has 0 saturated heterocycles. The summed E-state index contributed by atoms with van der Waals surface area (Å²) in [5, 5.41) is 9.22. The minimum Gasteiger partial charge on any atom is -0.455 e. The second-order valence-corrected chi connectivity index (χ2v) is 18.3. The van der Waals surface area contributed by atoms with Crippen molar-refractivity contribution in [2.75, 3.05) is 0 Å². The van der Waals surface area contributed by atoms with Gasteiger partial charge in [0.15, 0.2) is 17.5 Å². The van der Waals surface area contributed by atoms with E-state index in [1.807, 2.05) is 36.4 Å². The summed E-state index contributed by atoms with van der Waals surface area (Å²) in [7, 11) is 0. The predicted molar refractivity (Wildman–Crippen MR) is 276 cm³/mol. The highest BCUT2D eigenvalue weighted by Crippen LogP contribution is 2.53. The van der Waals surface area contributed by atoms with E-state index in [-0.39, 0.29) is 5.41 Å².